The van der Waals surface area contributed by atoms with Crippen LogP contribution in [0.1, 0.15) is 20.8 Å². The minimum absolute atomic E-state index is 0.142. The number of nitrogens with zero attached hydrogens (tertiary/aromatic N) is 1. The van der Waals surface area contributed by atoms with Crippen molar-refractivity contribution in [3.8, 4) is 5.75 Å². The highest BCUT2D eigenvalue weighted by Crippen LogP contribution is 2.14. The maximum absolute atomic E-state index is 11.9. The van der Waals surface area contributed by atoms with Crippen molar-refractivity contribution in [2.75, 3.05) is 19.1 Å². The largest absolute Gasteiger partial charge is 0.491 e. The number of hydrogen-bond acceptors (Lipinski definition) is 4. The predicted octanol–water partition coefficient (Wildman–Crippen LogP) is 1.75. The first-order chi connectivity index (χ1) is 8.26. The second kappa shape index (κ2) is 5.12. The Bertz CT molecular complexity index is 488. The monoisotopic (exact) mass is 254 g/mol. The van der Waals surface area contributed by atoms with Gasteiger partial charge >= 0.3 is 6.09 Å². The Morgan fingerprint density at radius 1 is 1.33 bits per heavy atom. The quantitative estimate of drug-likeness (QED) is 0.872. The van der Waals surface area contributed by atoms with Gasteiger partial charge in [0.15, 0.2) is 5.75 Å². The first-order valence-corrected chi connectivity index (χ1v) is 5.48. The van der Waals surface area contributed by atoms with Gasteiger partial charge in [0, 0.05) is 19.4 Å². The van der Waals surface area contributed by atoms with Gasteiger partial charge in [0.05, 0.1) is 7.11 Å². The van der Waals surface area contributed by atoms with Crippen LogP contribution in [0.2, 0.25) is 0 Å². The van der Waals surface area contributed by atoms with Crippen molar-refractivity contribution in [2.24, 2.45) is 0 Å². The van der Waals surface area contributed by atoms with Crippen LogP contribution in [0, 0.1) is 0 Å². The molecular formula is C12H18N2O4. The molecule has 1 aromatic heterocycles. The van der Waals surface area contributed by atoms with Gasteiger partial charge in [-0.1, -0.05) is 0 Å². The van der Waals surface area contributed by atoms with Crippen LogP contribution in [0.15, 0.2) is 17.2 Å². The number of pyridine rings is 1. The van der Waals surface area contributed by atoms with Crippen molar-refractivity contribution in [3.63, 3.8) is 0 Å². The van der Waals surface area contributed by atoms with Gasteiger partial charge in [-0.15, -0.1) is 0 Å². The maximum Gasteiger partial charge on any atom is 0.414 e. The Balaban J connectivity index is 3.01. The molecule has 0 aliphatic heterocycles. The van der Waals surface area contributed by atoms with Crippen LogP contribution in [0.3, 0.4) is 0 Å². The van der Waals surface area contributed by atoms with Crippen LogP contribution >= 0.6 is 0 Å². The summed E-state index contributed by atoms with van der Waals surface area (Å²) < 4.78 is 10.1. The number of H-pyrrole nitrogens is 1. The molecule has 0 atom stereocenters. The van der Waals surface area contributed by atoms with Gasteiger partial charge in [-0.2, -0.15) is 0 Å². The first-order valence-electron chi connectivity index (χ1n) is 5.48. The topological polar surface area (TPSA) is 71.6 Å². The molecule has 0 aliphatic carbocycles. The molecule has 0 unspecified atom stereocenters. The fraction of sp³-hybridized carbons (Fsp3) is 0.500. The number of rotatable bonds is 2. The molecule has 1 amide bonds. The zero-order chi connectivity index (χ0) is 13.9. The number of aromatic amines is 1. The van der Waals surface area contributed by atoms with Crippen molar-refractivity contribution in [2.45, 2.75) is 26.4 Å². The van der Waals surface area contributed by atoms with Gasteiger partial charge in [0.25, 0.3) is 0 Å². The first kappa shape index (κ1) is 14.1. The van der Waals surface area contributed by atoms with E-state index < -0.39 is 11.7 Å². The van der Waals surface area contributed by atoms with Crippen LogP contribution < -0.4 is 15.1 Å². The van der Waals surface area contributed by atoms with Crippen LogP contribution in [-0.4, -0.2) is 30.8 Å². The summed E-state index contributed by atoms with van der Waals surface area (Å²) in [5.41, 5.74) is -0.815. The summed E-state index contributed by atoms with van der Waals surface area (Å²) in [5, 5.41) is 0. The third-order valence-corrected chi connectivity index (χ3v) is 2.14. The number of carbonyl (C=O) groups excluding carboxylic acids is 1. The molecule has 0 saturated heterocycles. The summed E-state index contributed by atoms with van der Waals surface area (Å²) in [5.74, 6) is 0.142. The van der Waals surface area contributed by atoms with Crippen molar-refractivity contribution in [3.05, 3.63) is 22.6 Å². The second-order valence-corrected chi connectivity index (χ2v) is 4.78. The zero-order valence-electron chi connectivity index (χ0n) is 11.2. The van der Waals surface area contributed by atoms with E-state index in [4.69, 9.17) is 9.47 Å². The number of hydrogen-bond donors (Lipinski definition) is 1. The normalized spacial score (nSPS) is 10.9. The highest BCUT2D eigenvalue weighted by Gasteiger charge is 2.22. The van der Waals surface area contributed by atoms with E-state index in [2.05, 4.69) is 4.98 Å². The predicted molar refractivity (Wildman–Crippen MR) is 68.3 cm³/mol. The summed E-state index contributed by atoms with van der Waals surface area (Å²) in [6.45, 7) is 5.28. The van der Waals surface area contributed by atoms with Crippen LogP contribution in [0.5, 0.6) is 5.75 Å². The molecule has 0 saturated carbocycles. The lowest BCUT2D eigenvalue weighted by Crippen LogP contribution is -2.36. The van der Waals surface area contributed by atoms with E-state index in [0.717, 1.165) is 4.90 Å². The molecule has 1 N–H and O–H groups in total. The Labute approximate surface area is 106 Å². The van der Waals surface area contributed by atoms with Crippen LogP contribution in [0.4, 0.5) is 10.5 Å². The number of methoxy groups -OCH3 is 1. The van der Waals surface area contributed by atoms with Crippen molar-refractivity contribution in [1.82, 2.24) is 4.98 Å². The molecule has 0 fully saturated rings. The Kier molecular flexibility index (Phi) is 4.00. The molecule has 6 heteroatoms. The van der Waals surface area contributed by atoms with Crippen LogP contribution in [-0.2, 0) is 4.74 Å². The number of nitrogens with one attached hydrogen (secondary N) is 1. The van der Waals surface area contributed by atoms with E-state index in [9.17, 15) is 9.59 Å². The van der Waals surface area contributed by atoms with Crippen molar-refractivity contribution < 1.29 is 14.3 Å². The standard InChI is InChI=1S/C12H18N2O4/c1-12(2,3)18-11(16)14(4)8-6-13-7-9(17-5)10(8)15/h6-7H,1-5H3,(H,13,15). The average molecular weight is 254 g/mol. The fourth-order valence-electron chi connectivity index (χ4n) is 1.28. The van der Waals surface area contributed by atoms with Gasteiger partial charge < -0.3 is 14.5 Å². The second-order valence-electron chi connectivity index (χ2n) is 4.78. The van der Waals surface area contributed by atoms with E-state index in [1.54, 1.807) is 20.8 Å². The summed E-state index contributed by atoms with van der Waals surface area (Å²) >= 11 is 0. The highest BCUT2D eigenvalue weighted by atomic mass is 16.6. The molecule has 0 bridgehead atoms. The zero-order valence-corrected chi connectivity index (χ0v) is 11.2. The van der Waals surface area contributed by atoms with Gasteiger partial charge in [0.1, 0.15) is 11.3 Å². The minimum atomic E-state index is -0.614. The maximum atomic E-state index is 11.9. The molecule has 0 radical (unpaired) electrons. The summed E-state index contributed by atoms with van der Waals surface area (Å²) in [7, 11) is 2.86. The van der Waals surface area contributed by atoms with Gasteiger partial charge in [-0.05, 0) is 20.8 Å². The molecule has 18 heavy (non-hydrogen) atoms. The van der Waals surface area contributed by atoms with E-state index in [-0.39, 0.29) is 16.9 Å². The molecule has 6 nitrogen and oxygen atoms in total. The lowest BCUT2D eigenvalue weighted by molar-refractivity contribution is 0.0589. The summed E-state index contributed by atoms with van der Waals surface area (Å²) in [6, 6.07) is 0. The lowest BCUT2D eigenvalue weighted by Gasteiger charge is -2.24. The molecule has 1 aromatic rings. The number of ether oxygens (including phenoxy) is 2. The van der Waals surface area contributed by atoms with Crippen LogP contribution in [0.25, 0.3) is 0 Å². The fourth-order valence-corrected chi connectivity index (χ4v) is 1.28. The number of aromatic nitrogens is 1. The number of amides is 1. The molecule has 0 spiro atoms. The van der Waals surface area contributed by atoms with Gasteiger partial charge in [-0.25, -0.2) is 4.79 Å². The van der Waals surface area contributed by atoms with E-state index in [1.165, 1.54) is 26.6 Å². The third kappa shape index (κ3) is 3.26. The molecule has 0 aliphatic rings. The highest BCUT2D eigenvalue weighted by molar-refractivity contribution is 5.87. The Hall–Kier alpha value is -1.98. The minimum Gasteiger partial charge on any atom is -0.491 e. The molecular weight excluding hydrogens is 236 g/mol. The van der Waals surface area contributed by atoms with Crippen molar-refractivity contribution in [1.29, 1.82) is 0 Å². The average Bonchev–Trinajstić information content (AvgIpc) is 2.26. The molecule has 1 rings (SSSR count). The summed E-state index contributed by atoms with van der Waals surface area (Å²) in [4.78, 5) is 27.6. The Morgan fingerprint density at radius 2 is 1.94 bits per heavy atom. The van der Waals surface area contributed by atoms with Gasteiger partial charge in [0.2, 0.25) is 5.43 Å². The molecule has 1 heterocycles. The van der Waals surface area contributed by atoms with E-state index >= 15 is 0 Å². The number of anilines is 1. The summed E-state index contributed by atoms with van der Waals surface area (Å²) in [6.07, 6.45) is 2.25. The smallest absolute Gasteiger partial charge is 0.414 e. The van der Waals surface area contributed by atoms with E-state index in [0.29, 0.717) is 0 Å². The molecule has 0 aromatic carbocycles. The molecule has 100 valence electrons. The lowest BCUT2D eigenvalue weighted by atomic mass is 10.2. The SMILES string of the molecule is COc1c[nH]cc(N(C)C(=O)OC(C)(C)C)c1=O. The van der Waals surface area contributed by atoms with Gasteiger partial charge in [-0.3, -0.25) is 9.69 Å². The van der Waals surface area contributed by atoms with Crippen molar-refractivity contribution >= 4 is 11.8 Å². The number of carbonyl (C=O) groups is 1. The van der Waals surface area contributed by atoms with E-state index in [1.807, 2.05) is 0 Å². The Morgan fingerprint density at radius 3 is 2.44 bits per heavy atom. The third-order valence-electron chi connectivity index (χ3n) is 2.14.